The minimum Gasteiger partial charge on any atom is -0.359 e. The van der Waals surface area contributed by atoms with Crippen molar-refractivity contribution in [1.29, 1.82) is 0 Å². The maximum atomic E-state index is 4.37. The van der Waals surface area contributed by atoms with Crippen molar-refractivity contribution in [1.82, 2.24) is 14.4 Å². The minimum absolute atomic E-state index is 0.950. The zero-order valence-corrected chi connectivity index (χ0v) is 7.51. The van der Waals surface area contributed by atoms with Gasteiger partial charge >= 0.3 is 0 Å². The van der Waals surface area contributed by atoms with Gasteiger partial charge in [-0.2, -0.15) is 0 Å². The van der Waals surface area contributed by atoms with E-state index in [2.05, 4.69) is 14.4 Å². The van der Waals surface area contributed by atoms with E-state index >= 15 is 0 Å². The highest BCUT2D eigenvalue weighted by Gasteiger charge is 2.04. The van der Waals surface area contributed by atoms with Crippen LogP contribution >= 0.6 is 0 Å². The number of fused-ring (bicyclic) bond motifs is 1. The van der Waals surface area contributed by atoms with Gasteiger partial charge in [-0.1, -0.05) is 6.07 Å². The molecule has 3 aromatic heterocycles. The predicted octanol–water partition coefficient (Wildman–Crippen LogP) is 2.33. The van der Waals surface area contributed by atoms with Crippen LogP contribution in [0.5, 0.6) is 0 Å². The van der Waals surface area contributed by atoms with Crippen molar-refractivity contribution in [3.63, 3.8) is 0 Å². The fourth-order valence-electron chi connectivity index (χ4n) is 1.61. The molecule has 0 unspecified atom stereocenters. The number of hydrogen-bond donors (Lipinski definition) is 1. The topological polar surface area (TPSA) is 33.1 Å². The van der Waals surface area contributed by atoms with E-state index in [1.165, 1.54) is 0 Å². The van der Waals surface area contributed by atoms with Crippen molar-refractivity contribution in [2.75, 3.05) is 0 Å². The second kappa shape index (κ2) is 2.73. The van der Waals surface area contributed by atoms with E-state index in [1.807, 2.05) is 48.9 Å². The van der Waals surface area contributed by atoms with Gasteiger partial charge in [0.05, 0.1) is 17.4 Å². The first kappa shape index (κ1) is 7.38. The molecule has 0 spiro atoms. The highest BCUT2D eigenvalue weighted by atomic mass is 15.0. The molecule has 0 aromatic carbocycles. The molecule has 0 aliphatic rings. The fourth-order valence-corrected chi connectivity index (χ4v) is 1.61. The molecular weight excluding hydrogens is 174 g/mol. The Balaban J connectivity index is 2.33. The van der Waals surface area contributed by atoms with Crippen LogP contribution in [-0.2, 0) is 0 Å². The van der Waals surface area contributed by atoms with E-state index in [0.717, 1.165) is 17.0 Å². The lowest BCUT2D eigenvalue weighted by Gasteiger charge is -1.97. The van der Waals surface area contributed by atoms with Crippen molar-refractivity contribution < 1.29 is 0 Å². The molecule has 68 valence electrons. The zero-order valence-electron chi connectivity index (χ0n) is 7.51. The summed E-state index contributed by atoms with van der Waals surface area (Å²) in [6.07, 6.45) is 5.79. The van der Waals surface area contributed by atoms with E-state index in [9.17, 15) is 0 Å². The van der Waals surface area contributed by atoms with Gasteiger partial charge in [-0.15, -0.1) is 0 Å². The normalized spacial score (nSPS) is 10.9. The molecule has 0 bridgehead atoms. The molecule has 0 saturated heterocycles. The number of rotatable bonds is 1. The van der Waals surface area contributed by atoms with Gasteiger partial charge in [-0.05, 0) is 24.3 Å². The summed E-state index contributed by atoms with van der Waals surface area (Å²) >= 11 is 0. The molecule has 0 saturated carbocycles. The van der Waals surface area contributed by atoms with E-state index in [-0.39, 0.29) is 0 Å². The van der Waals surface area contributed by atoms with Crippen LogP contribution in [0.3, 0.4) is 0 Å². The van der Waals surface area contributed by atoms with E-state index < -0.39 is 0 Å². The van der Waals surface area contributed by atoms with Crippen LogP contribution < -0.4 is 0 Å². The Labute approximate surface area is 81.0 Å². The number of H-pyrrole nitrogens is 1. The van der Waals surface area contributed by atoms with Crippen molar-refractivity contribution in [2.24, 2.45) is 0 Å². The maximum absolute atomic E-state index is 4.37. The molecule has 3 heterocycles. The lowest BCUT2D eigenvalue weighted by molar-refractivity contribution is 1.14. The van der Waals surface area contributed by atoms with E-state index in [1.54, 1.807) is 0 Å². The number of nitrogens with one attached hydrogen (secondary N) is 1. The molecule has 0 fully saturated rings. The number of aromatic amines is 1. The Morgan fingerprint density at radius 1 is 1.14 bits per heavy atom. The molecule has 0 amide bonds. The third kappa shape index (κ3) is 0.956. The number of imidazole rings is 1. The van der Waals surface area contributed by atoms with E-state index in [4.69, 9.17) is 0 Å². The molecule has 3 aromatic rings. The molecule has 0 atom stereocenters. The molecule has 14 heavy (non-hydrogen) atoms. The molecule has 0 aliphatic carbocycles. The van der Waals surface area contributed by atoms with Crippen LogP contribution in [0.2, 0.25) is 0 Å². The first-order valence-electron chi connectivity index (χ1n) is 4.51. The van der Waals surface area contributed by atoms with Crippen molar-refractivity contribution in [3.8, 4) is 11.5 Å². The van der Waals surface area contributed by atoms with Gasteiger partial charge in [0.25, 0.3) is 0 Å². The van der Waals surface area contributed by atoms with E-state index in [0.29, 0.717) is 0 Å². The Morgan fingerprint density at radius 3 is 3.00 bits per heavy atom. The van der Waals surface area contributed by atoms with Gasteiger partial charge in [-0.3, -0.25) is 4.40 Å². The molecular formula is C11H9N3. The van der Waals surface area contributed by atoms with Crippen LogP contribution in [0, 0.1) is 0 Å². The summed E-state index contributed by atoms with van der Waals surface area (Å²) in [6.45, 7) is 0. The van der Waals surface area contributed by atoms with Crippen LogP contribution in [0.4, 0.5) is 0 Å². The van der Waals surface area contributed by atoms with Crippen molar-refractivity contribution in [3.05, 3.63) is 48.9 Å². The Hall–Kier alpha value is -2.03. The monoisotopic (exact) mass is 183 g/mol. The minimum atomic E-state index is 0.950. The van der Waals surface area contributed by atoms with Gasteiger partial charge < -0.3 is 4.98 Å². The zero-order chi connectivity index (χ0) is 9.38. The number of hydrogen-bond acceptors (Lipinski definition) is 1. The number of aromatic nitrogens is 3. The molecule has 3 rings (SSSR count). The molecule has 3 heteroatoms. The van der Waals surface area contributed by atoms with Crippen LogP contribution in [0.15, 0.2) is 48.9 Å². The summed E-state index contributed by atoms with van der Waals surface area (Å²) in [4.78, 5) is 7.52. The lowest BCUT2D eigenvalue weighted by atomic mass is 10.4. The molecule has 3 nitrogen and oxygen atoms in total. The second-order valence-electron chi connectivity index (χ2n) is 3.16. The highest BCUT2D eigenvalue weighted by Crippen LogP contribution is 2.16. The summed E-state index contributed by atoms with van der Waals surface area (Å²) in [5.41, 5.74) is 2.15. The van der Waals surface area contributed by atoms with Crippen molar-refractivity contribution >= 4 is 5.52 Å². The van der Waals surface area contributed by atoms with Crippen LogP contribution in [0.1, 0.15) is 0 Å². The second-order valence-corrected chi connectivity index (χ2v) is 3.16. The first-order valence-corrected chi connectivity index (χ1v) is 4.51. The number of pyridine rings is 1. The average molecular weight is 183 g/mol. The average Bonchev–Trinajstić information content (AvgIpc) is 2.85. The van der Waals surface area contributed by atoms with Gasteiger partial charge in [0.15, 0.2) is 5.82 Å². The summed E-state index contributed by atoms with van der Waals surface area (Å²) in [5, 5.41) is 0. The summed E-state index contributed by atoms with van der Waals surface area (Å²) in [6, 6.07) is 10.0. The highest BCUT2D eigenvalue weighted by molar-refractivity contribution is 5.58. The largest absolute Gasteiger partial charge is 0.359 e. The smallest absolute Gasteiger partial charge is 0.161 e. The standard InChI is InChI=1S/C11H9N3/c1-2-7-14-9(4-1)8-13-11(14)10-5-3-6-12-10/h1-8,12H. The fraction of sp³-hybridized carbons (Fsp3) is 0. The summed E-state index contributed by atoms with van der Waals surface area (Å²) in [7, 11) is 0. The third-order valence-corrected chi connectivity index (χ3v) is 2.28. The van der Waals surface area contributed by atoms with Gasteiger partial charge in [0.2, 0.25) is 0 Å². The van der Waals surface area contributed by atoms with Crippen molar-refractivity contribution in [2.45, 2.75) is 0 Å². The number of nitrogens with zero attached hydrogens (tertiary/aromatic N) is 2. The lowest BCUT2D eigenvalue weighted by Crippen LogP contribution is -1.87. The quantitative estimate of drug-likeness (QED) is 0.617. The Kier molecular flexibility index (Phi) is 1.44. The molecule has 0 aliphatic heterocycles. The Morgan fingerprint density at radius 2 is 2.14 bits per heavy atom. The SMILES string of the molecule is c1c[nH]c(-c2ncc3ccccn23)c1. The van der Waals surface area contributed by atoms with Gasteiger partial charge in [0, 0.05) is 12.4 Å². The molecule has 0 radical (unpaired) electrons. The Bertz CT molecular complexity index is 549. The third-order valence-electron chi connectivity index (χ3n) is 2.28. The van der Waals surface area contributed by atoms with Gasteiger partial charge in [0.1, 0.15) is 0 Å². The van der Waals surface area contributed by atoms with Crippen LogP contribution in [0.25, 0.3) is 17.0 Å². The van der Waals surface area contributed by atoms with Gasteiger partial charge in [-0.25, -0.2) is 4.98 Å². The summed E-state index contributed by atoms with van der Waals surface area (Å²) in [5.74, 6) is 0.950. The summed E-state index contributed by atoms with van der Waals surface area (Å²) < 4.78 is 2.06. The maximum Gasteiger partial charge on any atom is 0.161 e. The van der Waals surface area contributed by atoms with Crippen LogP contribution in [-0.4, -0.2) is 14.4 Å². The predicted molar refractivity (Wildman–Crippen MR) is 55.0 cm³/mol. The first-order chi connectivity index (χ1) is 6.95. The molecule has 1 N–H and O–H groups in total.